The third-order valence-corrected chi connectivity index (χ3v) is 7.62. The lowest BCUT2D eigenvalue weighted by molar-refractivity contribution is -0.139. The first-order chi connectivity index (χ1) is 16.9. The SMILES string of the molecule is CCNC(=O)[C@@H](Cc1ccccc1)N(Cc1ccc(Cl)c(Cl)c1)C(=O)CSCc1ccc(Br)cc1. The number of nitrogens with one attached hydrogen (secondary N) is 1. The highest BCUT2D eigenvalue weighted by atomic mass is 79.9. The largest absolute Gasteiger partial charge is 0.355 e. The number of hydrogen-bond acceptors (Lipinski definition) is 3. The van der Waals surface area contributed by atoms with Crippen LogP contribution in [0.2, 0.25) is 10.0 Å². The molecule has 0 unspecified atom stereocenters. The Labute approximate surface area is 229 Å². The lowest BCUT2D eigenvalue weighted by Gasteiger charge is -2.31. The van der Waals surface area contributed by atoms with Crippen molar-refractivity contribution in [3.8, 4) is 0 Å². The van der Waals surface area contributed by atoms with E-state index < -0.39 is 6.04 Å². The lowest BCUT2D eigenvalue weighted by atomic mass is 10.0. The van der Waals surface area contributed by atoms with Gasteiger partial charge in [0.25, 0.3) is 0 Å². The smallest absolute Gasteiger partial charge is 0.243 e. The van der Waals surface area contributed by atoms with Crippen LogP contribution in [0, 0.1) is 0 Å². The monoisotopic (exact) mass is 592 g/mol. The molecule has 0 aliphatic carbocycles. The van der Waals surface area contributed by atoms with E-state index in [1.54, 1.807) is 17.0 Å². The minimum Gasteiger partial charge on any atom is -0.355 e. The molecule has 0 aliphatic rings. The van der Waals surface area contributed by atoms with Crippen molar-refractivity contribution in [3.05, 3.63) is 104 Å². The maximum atomic E-state index is 13.5. The zero-order valence-corrected chi connectivity index (χ0v) is 23.3. The number of hydrogen-bond donors (Lipinski definition) is 1. The van der Waals surface area contributed by atoms with Gasteiger partial charge in [-0.3, -0.25) is 9.59 Å². The molecule has 4 nitrogen and oxygen atoms in total. The molecule has 3 rings (SSSR count). The molecule has 3 aromatic carbocycles. The van der Waals surface area contributed by atoms with Crippen molar-refractivity contribution < 1.29 is 9.59 Å². The van der Waals surface area contributed by atoms with Gasteiger partial charge in [-0.1, -0.05) is 87.7 Å². The molecular weight excluding hydrogens is 567 g/mol. The molecule has 0 fully saturated rings. The average molecular weight is 594 g/mol. The normalized spacial score (nSPS) is 11.7. The molecule has 0 saturated heterocycles. The van der Waals surface area contributed by atoms with Gasteiger partial charge >= 0.3 is 0 Å². The third-order valence-electron chi connectivity index (χ3n) is 5.37. The van der Waals surface area contributed by atoms with Crippen LogP contribution in [-0.2, 0) is 28.3 Å². The van der Waals surface area contributed by atoms with Crippen LogP contribution in [0.4, 0.5) is 0 Å². The molecule has 0 saturated carbocycles. The van der Waals surface area contributed by atoms with Crippen LogP contribution in [0.15, 0.2) is 77.3 Å². The first kappa shape index (κ1) is 27.6. The Hall–Kier alpha value is -1.99. The van der Waals surface area contributed by atoms with E-state index in [-0.39, 0.29) is 24.1 Å². The van der Waals surface area contributed by atoms with Crippen molar-refractivity contribution in [3.63, 3.8) is 0 Å². The second-order valence-electron chi connectivity index (χ2n) is 7.99. The van der Waals surface area contributed by atoms with Gasteiger partial charge in [0, 0.05) is 29.7 Å². The predicted molar refractivity (Wildman–Crippen MR) is 150 cm³/mol. The van der Waals surface area contributed by atoms with Crippen molar-refractivity contribution in [2.45, 2.75) is 31.7 Å². The Morgan fingerprint density at radius 3 is 2.29 bits per heavy atom. The molecule has 1 N–H and O–H groups in total. The Bertz CT molecular complexity index is 1130. The van der Waals surface area contributed by atoms with Crippen LogP contribution in [-0.4, -0.2) is 35.1 Å². The van der Waals surface area contributed by atoms with Gasteiger partial charge in [-0.25, -0.2) is 0 Å². The van der Waals surface area contributed by atoms with Crippen molar-refractivity contribution in [2.24, 2.45) is 0 Å². The fraction of sp³-hybridized carbons (Fsp3) is 0.259. The van der Waals surface area contributed by atoms with E-state index in [0.717, 1.165) is 21.2 Å². The molecule has 0 radical (unpaired) electrons. The second-order valence-corrected chi connectivity index (χ2v) is 10.7. The molecule has 35 heavy (non-hydrogen) atoms. The number of carbonyl (C=O) groups is 2. The summed E-state index contributed by atoms with van der Waals surface area (Å²) >= 11 is 17.3. The number of nitrogens with zero attached hydrogens (tertiary/aromatic N) is 1. The van der Waals surface area contributed by atoms with Crippen molar-refractivity contribution in [1.82, 2.24) is 10.2 Å². The molecule has 1 atom stereocenters. The summed E-state index contributed by atoms with van der Waals surface area (Å²) in [6.07, 6.45) is 0.414. The van der Waals surface area contributed by atoms with Crippen LogP contribution in [0.1, 0.15) is 23.6 Å². The maximum Gasteiger partial charge on any atom is 0.243 e. The quantitative estimate of drug-likeness (QED) is 0.267. The van der Waals surface area contributed by atoms with Crippen molar-refractivity contribution >= 4 is 62.7 Å². The molecule has 0 bridgehead atoms. The van der Waals surface area contributed by atoms with E-state index in [0.29, 0.717) is 28.8 Å². The summed E-state index contributed by atoms with van der Waals surface area (Å²) in [6.45, 7) is 2.61. The minimum absolute atomic E-state index is 0.106. The van der Waals surface area contributed by atoms with Gasteiger partial charge in [-0.2, -0.15) is 0 Å². The van der Waals surface area contributed by atoms with Gasteiger partial charge in [-0.05, 0) is 47.9 Å². The molecule has 0 aromatic heterocycles. The van der Waals surface area contributed by atoms with E-state index in [1.807, 2.05) is 67.6 Å². The van der Waals surface area contributed by atoms with Crippen molar-refractivity contribution in [2.75, 3.05) is 12.3 Å². The van der Waals surface area contributed by atoms with Gasteiger partial charge < -0.3 is 10.2 Å². The summed E-state index contributed by atoms with van der Waals surface area (Å²) in [4.78, 5) is 28.4. The number of amides is 2. The highest BCUT2D eigenvalue weighted by Crippen LogP contribution is 2.25. The van der Waals surface area contributed by atoms with Gasteiger partial charge in [0.15, 0.2) is 0 Å². The van der Waals surface area contributed by atoms with Crippen LogP contribution in [0.25, 0.3) is 0 Å². The number of thioether (sulfide) groups is 1. The highest BCUT2D eigenvalue weighted by Gasteiger charge is 2.30. The number of halogens is 3. The fourth-order valence-electron chi connectivity index (χ4n) is 3.60. The molecule has 0 aliphatic heterocycles. The Balaban J connectivity index is 1.84. The summed E-state index contributed by atoms with van der Waals surface area (Å²) in [5.41, 5.74) is 2.93. The minimum atomic E-state index is -0.660. The third kappa shape index (κ3) is 8.57. The number of likely N-dealkylation sites (N-methyl/N-ethyl adjacent to an activating group) is 1. The Kier molecular flexibility index (Phi) is 11.0. The topological polar surface area (TPSA) is 49.4 Å². The van der Waals surface area contributed by atoms with Gasteiger partial charge in [0.05, 0.1) is 15.8 Å². The van der Waals surface area contributed by atoms with Gasteiger partial charge in [0.2, 0.25) is 11.8 Å². The molecule has 0 spiro atoms. The standard InChI is InChI=1S/C27H27BrCl2N2O2S/c1-2-31-27(34)25(15-19-6-4-3-5-7-19)32(16-21-10-13-23(29)24(30)14-21)26(33)18-35-17-20-8-11-22(28)12-9-20/h3-14,25H,2,15-18H2,1H3,(H,31,34)/t25-/m1/s1. The van der Waals surface area contributed by atoms with Crippen LogP contribution in [0.3, 0.4) is 0 Å². The zero-order valence-electron chi connectivity index (χ0n) is 19.3. The summed E-state index contributed by atoms with van der Waals surface area (Å²) < 4.78 is 1.01. The van der Waals surface area contributed by atoms with Gasteiger partial charge in [0.1, 0.15) is 6.04 Å². The first-order valence-corrected chi connectivity index (χ1v) is 13.9. The van der Waals surface area contributed by atoms with Crippen LogP contribution >= 0.6 is 50.9 Å². The number of carbonyl (C=O) groups excluding carboxylic acids is 2. The lowest BCUT2D eigenvalue weighted by Crippen LogP contribution is -2.51. The van der Waals surface area contributed by atoms with E-state index >= 15 is 0 Å². The average Bonchev–Trinajstić information content (AvgIpc) is 2.85. The van der Waals surface area contributed by atoms with E-state index in [2.05, 4.69) is 21.2 Å². The first-order valence-electron chi connectivity index (χ1n) is 11.2. The summed E-state index contributed by atoms with van der Waals surface area (Å²) in [5, 5.41) is 3.77. The fourth-order valence-corrected chi connectivity index (χ4v) is 5.06. The molecule has 2 amide bonds. The van der Waals surface area contributed by atoms with Crippen LogP contribution < -0.4 is 5.32 Å². The maximum absolute atomic E-state index is 13.5. The van der Waals surface area contributed by atoms with E-state index in [1.165, 1.54) is 11.8 Å². The number of rotatable bonds is 11. The highest BCUT2D eigenvalue weighted by molar-refractivity contribution is 9.10. The van der Waals surface area contributed by atoms with Crippen LogP contribution in [0.5, 0.6) is 0 Å². The molecule has 3 aromatic rings. The van der Waals surface area contributed by atoms with E-state index in [4.69, 9.17) is 23.2 Å². The number of benzene rings is 3. The summed E-state index contributed by atoms with van der Waals surface area (Å²) in [7, 11) is 0. The molecule has 8 heteroatoms. The molecular formula is C27H27BrCl2N2O2S. The second kappa shape index (κ2) is 13.9. The zero-order chi connectivity index (χ0) is 25.2. The Morgan fingerprint density at radius 1 is 0.943 bits per heavy atom. The predicted octanol–water partition coefficient (Wildman–Crippen LogP) is 6.77. The Morgan fingerprint density at radius 2 is 1.63 bits per heavy atom. The summed E-state index contributed by atoms with van der Waals surface area (Å²) in [5.74, 6) is 0.666. The molecule has 184 valence electrons. The summed E-state index contributed by atoms with van der Waals surface area (Å²) in [6, 6.07) is 22.4. The van der Waals surface area contributed by atoms with Gasteiger partial charge in [-0.15, -0.1) is 11.8 Å². The molecule has 0 heterocycles. The van der Waals surface area contributed by atoms with E-state index in [9.17, 15) is 9.59 Å². The van der Waals surface area contributed by atoms with Crippen molar-refractivity contribution in [1.29, 1.82) is 0 Å².